The smallest absolute Gasteiger partial charge is 0.247 e. The Morgan fingerprint density at radius 2 is 1.56 bits per heavy atom. The number of para-hydroxylation sites is 2. The van der Waals surface area contributed by atoms with Crippen molar-refractivity contribution in [3.63, 3.8) is 0 Å². The fourth-order valence-electron chi connectivity index (χ4n) is 5.85. The van der Waals surface area contributed by atoms with Crippen LogP contribution in [0.3, 0.4) is 0 Å². The minimum atomic E-state index is -0.338. The molecule has 6 heteroatoms. The molecule has 0 N–H and O–H groups in total. The van der Waals surface area contributed by atoms with E-state index in [1.165, 1.54) is 5.56 Å². The van der Waals surface area contributed by atoms with Crippen molar-refractivity contribution >= 4 is 17.5 Å². The molecule has 3 unspecified atom stereocenters. The fourth-order valence-corrected chi connectivity index (χ4v) is 5.85. The van der Waals surface area contributed by atoms with Crippen LogP contribution < -0.4 is 9.64 Å². The van der Waals surface area contributed by atoms with Crippen LogP contribution >= 0.6 is 0 Å². The number of fused-ring (bicyclic) bond motifs is 3. The zero-order valence-corrected chi connectivity index (χ0v) is 22.5. The lowest BCUT2D eigenvalue weighted by Crippen LogP contribution is -2.49. The lowest BCUT2D eigenvalue weighted by molar-refractivity contribution is -0.138. The van der Waals surface area contributed by atoms with Gasteiger partial charge in [0.2, 0.25) is 11.8 Å². The SMILES string of the molecule is COc1ccc(C2c3cccn3-c3ccccc3N2C(=O)CN(C(=O)C2CC2c2ccccc2)C(C)C)cc1. The van der Waals surface area contributed by atoms with Gasteiger partial charge in [-0.2, -0.15) is 0 Å². The molecule has 3 aromatic carbocycles. The van der Waals surface area contributed by atoms with Crippen molar-refractivity contribution in [3.8, 4) is 11.4 Å². The van der Waals surface area contributed by atoms with Crippen LogP contribution in [0, 0.1) is 5.92 Å². The molecule has 6 nitrogen and oxygen atoms in total. The average Bonchev–Trinajstić information content (AvgIpc) is 3.62. The van der Waals surface area contributed by atoms with Gasteiger partial charge in [-0.3, -0.25) is 14.5 Å². The Balaban J connectivity index is 1.34. The molecule has 2 heterocycles. The normalized spacial score (nSPS) is 19.3. The van der Waals surface area contributed by atoms with Gasteiger partial charge < -0.3 is 14.2 Å². The van der Waals surface area contributed by atoms with Gasteiger partial charge in [-0.1, -0.05) is 54.6 Å². The molecule has 4 aromatic rings. The maximum Gasteiger partial charge on any atom is 0.247 e. The second-order valence-electron chi connectivity index (χ2n) is 10.7. The Morgan fingerprint density at radius 3 is 2.26 bits per heavy atom. The summed E-state index contributed by atoms with van der Waals surface area (Å²) in [6.45, 7) is 4.00. The maximum absolute atomic E-state index is 14.3. The summed E-state index contributed by atoms with van der Waals surface area (Å²) in [6.07, 6.45) is 2.86. The van der Waals surface area contributed by atoms with E-state index in [2.05, 4.69) is 22.8 Å². The average molecular weight is 520 g/mol. The lowest BCUT2D eigenvalue weighted by Gasteiger charge is -2.40. The molecule has 1 saturated carbocycles. The minimum absolute atomic E-state index is 0.0240. The molecule has 1 aliphatic carbocycles. The van der Waals surface area contributed by atoms with Crippen molar-refractivity contribution in [2.75, 3.05) is 18.6 Å². The molecule has 1 aliphatic heterocycles. The number of ether oxygens (including phenoxy) is 1. The first-order chi connectivity index (χ1) is 19.0. The van der Waals surface area contributed by atoms with E-state index in [1.54, 1.807) is 12.0 Å². The largest absolute Gasteiger partial charge is 0.497 e. The van der Waals surface area contributed by atoms with Crippen molar-refractivity contribution < 1.29 is 14.3 Å². The number of hydrogen-bond donors (Lipinski definition) is 0. The topological polar surface area (TPSA) is 54.8 Å². The Labute approximate surface area is 229 Å². The molecule has 2 amide bonds. The standard InChI is InChI=1S/C33H33N3O3/c1-22(2)35(33(38)27-20-26(27)23-10-5-4-6-11-23)21-31(37)36-29-13-8-7-12-28(29)34-19-9-14-30(34)32(36)24-15-17-25(39-3)18-16-24/h4-19,22,26-27,32H,20-21H2,1-3H3. The van der Waals surface area contributed by atoms with Gasteiger partial charge in [-0.05, 0) is 73.7 Å². The van der Waals surface area contributed by atoms with Gasteiger partial charge in [0.25, 0.3) is 0 Å². The second kappa shape index (κ2) is 10.1. The quantitative estimate of drug-likeness (QED) is 0.303. The Bertz CT molecular complexity index is 1490. The molecule has 1 fully saturated rings. The molecule has 0 radical (unpaired) electrons. The zero-order chi connectivity index (χ0) is 27.1. The summed E-state index contributed by atoms with van der Waals surface area (Å²) in [7, 11) is 1.65. The summed E-state index contributed by atoms with van der Waals surface area (Å²) in [6, 6.07) is 29.7. The highest BCUT2D eigenvalue weighted by Gasteiger charge is 2.47. The van der Waals surface area contributed by atoms with Crippen molar-refractivity contribution in [1.29, 1.82) is 0 Å². The van der Waals surface area contributed by atoms with E-state index in [4.69, 9.17) is 4.74 Å². The van der Waals surface area contributed by atoms with Gasteiger partial charge in [0, 0.05) is 18.2 Å². The number of benzene rings is 3. The van der Waals surface area contributed by atoms with Gasteiger partial charge in [0.1, 0.15) is 18.3 Å². The highest BCUT2D eigenvalue weighted by atomic mass is 16.5. The number of carbonyl (C=O) groups is 2. The van der Waals surface area contributed by atoms with Crippen molar-refractivity contribution in [2.24, 2.45) is 5.92 Å². The molecule has 3 atom stereocenters. The molecular weight excluding hydrogens is 486 g/mol. The number of hydrogen-bond acceptors (Lipinski definition) is 3. The summed E-state index contributed by atoms with van der Waals surface area (Å²) < 4.78 is 7.53. The molecule has 2 aliphatic rings. The Kier molecular flexibility index (Phi) is 6.47. The Hall–Kier alpha value is -4.32. The monoisotopic (exact) mass is 519 g/mol. The third-order valence-corrected chi connectivity index (χ3v) is 7.97. The highest BCUT2D eigenvalue weighted by molar-refractivity contribution is 6.01. The molecule has 6 rings (SSSR count). The Morgan fingerprint density at radius 1 is 0.872 bits per heavy atom. The number of aromatic nitrogens is 1. The number of nitrogens with zero attached hydrogens (tertiary/aromatic N) is 3. The van der Waals surface area contributed by atoms with Gasteiger partial charge in [0.15, 0.2) is 0 Å². The summed E-state index contributed by atoms with van der Waals surface area (Å²) >= 11 is 0. The van der Waals surface area contributed by atoms with Gasteiger partial charge in [0.05, 0.1) is 24.2 Å². The van der Waals surface area contributed by atoms with Crippen molar-refractivity contribution in [3.05, 3.63) is 114 Å². The number of carbonyl (C=O) groups excluding carboxylic acids is 2. The van der Waals surface area contributed by atoms with Crippen LogP contribution in [0.2, 0.25) is 0 Å². The van der Waals surface area contributed by atoms with Crippen molar-refractivity contribution in [1.82, 2.24) is 9.47 Å². The van der Waals surface area contributed by atoms with Crippen LogP contribution in [0.4, 0.5) is 5.69 Å². The van der Waals surface area contributed by atoms with Crippen LogP contribution in [0.25, 0.3) is 5.69 Å². The molecule has 0 bridgehead atoms. The van der Waals surface area contributed by atoms with Crippen LogP contribution in [-0.2, 0) is 9.59 Å². The minimum Gasteiger partial charge on any atom is -0.497 e. The van der Waals surface area contributed by atoms with Gasteiger partial charge in [-0.25, -0.2) is 0 Å². The first-order valence-electron chi connectivity index (χ1n) is 13.6. The summed E-state index contributed by atoms with van der Waals surface area (Å²) in [5.74, 6) is 0.862. The van der Waals surface area contributed by atoms with Crippen LogP contribution in [0.15, 0.2) is 97.2 Å². The predicted molar refractivity (Wildman–Crippen MR) is 152 cm³/mol. The molecule has 0 saturated heterocycles. The predicted octanol–water partition coefficient (Wildman–Crippen LogP) is 5.96. The third kappa shape index (κ3) is 4.50. The summed E-state index contributed by atoms with van der Waals surface area (Å²) in [4.78, 5) is 31.7. The molecule has 0 spiro atoms. The van der Waals surface area contributed by atoms with E-state index in [0.29, 0.717) is 0 Å². The second-order valence-corrected chi connectivity index (χ2v) is 10.7. The fraction of sp³-hybridized carbons (Fsp3) is 0.273. The highest BCUT2D eigenvalue weighted by Crippen LogP contribution is 2.49. The maximum atomic E-state index is 14.3. The van der Waals surface area contributed by atoms with Gasteiger partial charge in [-0.15, -0.1) is 0 Å². The number of methoxy groups -OCH3 is 1. The van der Waals surface area contributed by atoms with E-state index in [0.717, 1.165) is 34.8 Å². The molecular formula is C33H33N3O3. The first kappa shape index (κ1) is 25.0. The zero-order valence-electron chi connectivity index (χ0n) is 22.5. The summed E-state index contributed by atoms with van der Waals surface area (Å²) in [5.41, 5.74) is 4.95. The molecule has 39 heavy (non-hydrogen) atoms. The molecule has 1 aromatic heterocycles. The number of anilines is 1. The van der Waals surface area contributed by atoms with E-state index < -0.39 is 0 Å². The number of amides is 2. The van der Waals surface area contributed by atoms with Crippen LogP contribution in [0.1, 0.15) is 49.0 Å². The molecule has 198 valence electrons. The van der Waals surface area contributed by atoms with Gasteiger partial charge >= 0.3 is 0 Å². The first-order valence-corrected chi connectivity index (χ1v) is 13.6. The van der Waals surface area contributed by atoms with E-state index in [1.807, 2.05) is 97.7 Å². The van der Waals surface area contributed by atoms with E-state index in [9.17, 15) is 9.59 Å². The third-order valence-electron chi connectivity index (χ3n) is 7.97. The van der Waals surface area contributed by atoms with E-state index in [-0.39, 0.29) is 42.3 Å². The van der Waals surface area contributed by atoms with E-state index >= 15 is 0 Å². The van der Waals surface area contributed by atoms with Crippen LogP contribution in [-0.4, -0.2) is 41.0 Å². The van der Waals surface area contributed by atoms with Crippen LogP contribution in [0.5, 0.6) is 5.75 Å². The summed E-state index contributed by atoms with van der Waals surface area (Å²) in [5, 5.41) is 0. The lowest BCUT2D eigenvalue weighted by atomic mass is 9.97. The van der Waals surface area contributed by atoms with Crippen molar-refractivity contribution in [2.45, 2.75) is 38.3 Å². The number of rotatable bonds is 7.